The second-order valence-electron chi connectivity index (χ2n) is 5.14. The van der Waals surface area contributed by atoms with Crippen molar-refractivity contribution in [3.8, 4) is 11.3 Å². The molecular weight excluding hydrogens is 406 g/mol. The number of amides is 1. The summed E-state index contributed by atoms with van der Waals surface area (Å²) in [6, 6.07) is 9.80. The third-order valence-corrected chi connectivity index (χ3v) is 4.84. The standard InChI is InChI=1S/C17H10Cl4N2O2/c1-8-14(17(24)22-9-5-6-10(18)13(21)7-9)16(23-25-8)15-11(19)3-2-4-12(15)20/h2-7H,1H3,(H,22,24). The molecule has 8 heteroatoms. The SMILES string of the molecule is Cc1onc(-c2c(Cl)cccc2Cl)c1C(=O)Nc1ccc(Cl)c(Cl)c1. The van der Waals surface area contributed by atoms with Crippen molar-refractivity contribution in [2.75, 3.05) is 5.32 Å². The zero-order chi connectivity index (χ0) is 18.1. The molecule has 128 valence electrons. The summed E-state index contributed by atoms with van der Waals surface area (Å²) in [6.45, 7) is 1.63. The Balaban J connectivity index is 2.02. The Kier molecular flexibility index (Phi) is 5.25. The highest BCUT2D eigenvalue weighted by atomic mass is 35.5. The number of halogens is 4. The number of hydrogen-bond donors (Lipinski definition) is 1. The molecule has 1 amide bonds. The van der Waals surface area contributed by atoms with Crippen LogP contribution >= 0.6 is 46.4 Å². The molecule has 0 saturated carbocycles. The maximum absolute atomic E-state index is 12.7. The number of aryl methyl sites for hydroxylation is 1. The van der Waals surface area contributed by atoms with Crippen molar-refractivity contribution in [3.05, 3.63) is 67.8 Å². The van der Waals surface area contributed by atoms with Crippen molar-refractivity contribution in [1.82, 2.24) is 5.16 Å². The summed E-state index contributed by atoms with van der Waals surface area (Å²) in [5, 5.41) is 8.14. The van der Waals surface area contributed by atoms with Gasteiger partial charge >= 0.3 is 0 Å². The van der Waals surface area contributed by atoms with Crippen molar-refractivity contribution in [3.63, 3.8) is 0 Å². The lowest BCUT2D eigenvalue weighted by atomic mass is 10.1. The molecule has 0 fully saturated rings. The Morgan fingerprint density at radius 1 is 1.00 bits per heavy atom. The van der Waals surface area contributed by atoms with E-state index < -0.39 is 5.91 Å². The summed E-state index contributed by atoms with van der Waals surface area (Å²) in [5.74, 6) is -0.0910. The average Bonchev–Trinajstić information content (AvgIpc) is 2.92. The minimum Gasteiger partial charge on any atom is -0.360 e. The first kappa shape index (κ1) is 18.1. The van der Waals surface area contributed by atoms with E-state index in [0.717, 1.165) is 0 Å². The second kappa shape index (κ2) is 7.26. The second-order valence-corrected chi connectivity index (χ2v) is 6.77. The fourth-order valence-electron chi connectivity index (χ4n) is 2.30. The van der Waals surface area contributed by atoms with Crippen LogP contribution in [0.25, 0.3) is 11.3 Å². The van der Waals surface area contributed by atoms with Crippen LogP contribution in [-0.4, -0.2) is 11.1 Å². The Morgan fingerprint density at radius 2 is 1.68 bits per heavy atom. The van der Waals surface area contributed by atoms with E-state index in [0.29, 0.717) is 37.1 Å². The molecule has 0 saturated heterocycles. The fraction of sp³-hybridized carbons (Fsp3) is 0.0588. The van der Waals surface area contributed by atoms with Crippen LogP contribution in [0.3, 0.4) is 0 Å². The molecule has 0 spiro atoms. The van der Waals surface area contributed by atoms with Gasteiger partial charge in [-0.2, -0.15) is 0 Å². The van der Waals surface area contributed by atoms with Gasteiger partial charge in [0, 0.05) is 11.3 Å². The predicted octanol–water partition coefficient (Wildman–Crippen LogP) is 6.52. The van der Waals surface area contributed by atoms with Crippen molar-refractivity contribution in [2.45, 2.75) is 6.92 Å². The van der Waals surface area contributed by atoms with Gasteiger partial charge in [0.05, 0.1) is 20.1 Å². The average molecular weight is 416 g/mol. The summed E-state index contributed by atoms with van der Waals surface area (Å²) in [7, 11) is 0. The van der Waals surface area contributed by atoms with Gasteiger partial charge in [-0.15, -0.1) is 0 Å². The normalized spacial score (nSPS) is 10.8. The highest BCUT2D eigenvalue weighted by Gasteiger charge is 2.25. The number of rotatable bonds is 3. The first-order valence-electron chi connectivity index (χ1n) is 7.05. The van der Waals surface area contributed by atoms with Gasteiger partial charge in [-0.1, -0.05) is 57.6 Å². The van der Waals surface area contributed by atoms with E-state index in [2.05, 4.69) is 10.5 Å². The number of carbonyl (C=O) groups is 1. The van der Waals surface area contributed by atoms with Crippen LogP contribution in [0.2, 0.25) is 20.1 Å². The largest absolute Gasteiger partial charge is 0.360 e. The van der Waals surface area contributed by atoms with Crippen LogP contribution < -0.4 is 5.32 Å². The first-order chi connectivity index (χ1) is 11.9. The molecule has 3 rings (SSSR count). The lowest BCUT2D eigenvalue weighted by Crippen LogP contribution is -2.13. The molecule has 0 bridgehead atoms. The highest BCUT2D eigenvalue weighted by Crippen LogP contribution is 2.37. The number of nitrogens with one attached hydrogen (secondary N) is 1. The predicted molar refractivity (Wildman–Crippen MR) is 101 cm³/mol. The molecule has 4 nitrogen and oxygen atoms in total. The first-order valence-corrected chi connectivity index (χ1v) is 8.56. The van der Waals surface area contributed by atoms with Crippen LogP contribution in [0.1, 0.15) is 16.1 Å². The monoisotopic (exact) mass is 414 g/mol. The van der Waals surface area contributed by atoms with E-state index in [1.807, 2.05) is 0 Å². The molecule has 25 heavy (non-hydrogen) atoms. The molecule has 1 heterocycles. The van der Waals surface area contributed by atoms with Gasteiger partial charge < -0.3 is 9.84 Å². The molecule has 3 aromatic rings. The molecule has 2 aromatic carbocycles. The van der Waals surface area contributed by atoms with E-state index in [1.165, 1.54) is 0 Å². The van der Waals surface area contributed by atoms with Gasteiger partial charge in [-0.05, 0) is 37.3 Å². The molecule has 0 unspecified atom stereocenters. The summed E-state index contributed by atoms with van der Waals surface area (Å²) in [5.41, 5.74) is 1.42. The van der Waals surface area contributed by atoms with E-state index in [-0.39, 0.29) is 11.3 Å². The Labute approximate surface area is 163 Å². The van der Waals surface area contributed by atoms with Gasteiger partial charge in [0.15, 0.2) is 0 Å². The minimum absolute atomic E-state index is 0.237. The minimum atomic E-state index is -0.428. The van der Waals surface area contributed by atoms with Crippen molar-refractivity contribution < 1.29 is 9.32 Å². The molecular formula is C17H10Cl4N2O2. The lowest BCUT2D eigenvalue weighted by molar-refractivity contribution is 0.102. The van der Waals surface area contributed by atoms with E-state index in [4.69, 9.17) is 50.9 Å². The van der Waals surface area contributed by atoms with E-state index >= 15 is 0 Å². The van der Waals surface area contributed by atoms with Crippen LogP contribution in [-0.2, 0) is 0 Å². The number of aromatic nitrogens is 1. The number of nitrogens with zero attached hydrogens (tertiary/aromatic N) is 1. The number of hydrogen-bond acceptors (Lipinski definition) is 3. The third-order valence-electron chi connectivity index (χ3n) is 3.47. The molecule has 0 aliphatic heterocycles. The Bertz CT molecular complexity index is 949. The van der Waals surface area contributed by atoms with Crippen LogP contribution in [0.4, 0.5) is 5.69 Å². The van der Waals surface area contributed by atoms with Gasteiger partial charge in [0.2, 0.25) is 0 Å². The highest BCUT2D eigenvalue weighted by molar-refractivity contribution is 6.42. The Hall–Kier alpha value is -1.72. The molecule has 0 atom stereocenters. The van der Waals surface area contributed by atoms with Gasteiger partial charge in [-0.3, -0.25) is 4.79 Å². The van der Waals surface area contributed by atoms with Crippen molar-refractivity contribution >= 4 is 58.0 Å². The van der Waals surface area contributed by atoms with E-state index in [9.17, 15) is 4.79 Å². The fourth-order valence-corrected chi connectivity index (χ4v) is 3.18. The zero-order valence-electron chi connectivity index (χ0n) is 12.7. The molecule has 0 aliphatic carbocycles. The smallest absolute Gasteiger partial charge is 0.261 e. The maximum atomic E-state index is 12.7. The number of carbonyl (C=O) groups excluding carboxylic acids is 1. The molecule has 1 aromatic heterocycles. The van der Waals surface area contributed by atoms with Crippen LogP contribution in [0.5, 0.6) is 0 Å². The molecule has 0 radical (unpaired) electrons. The van der Waals surface area contributed by atoms with Gasteiger partial charge in [-0.25, -0.2) is 0 Å². The molecule has 0 aliphatic rings. The quantitative estimate of drug-likeness (QED) is 0.529. The van der Waals surface area contributed by atoms with Crippen LogP contribution in [0, 0.1) is 6.92 Å². The van der Waals surface area contributed by atoms with Gasteiger partial charge in [0.1, 0.15) is 17.0 Å². The third kappa shape index (κ3) is 3.62. The summed E-state index contributed by atoms with van der Waals surface area (Å²) in [6.07, 6.45) is 0. The van der Waals surface area contributed by atoms with Crippen molar-refractivity contribution in [2.24, 2.45) is 0 Å². The number of benzene rings is 2. The summed E-state index contributed by atoms with van der Waals surface area (Å²) in [4.78, 5) is 12.7. The number of anilines is 1. The Morgan fingerprint density at radius 3 is 2.32 bits per heavy atom. The summed E-state index contributed by atoms with van der Waals surface area (Å²) < 4.78 is 5.19. The van der Waals surface area contributed by atoms with Crippen molar-refractivity contribution in [1.29, 1.82) is 0 Å². The lowest BCUT2D eigenvalue weighted by Gasteiger charge is -2.08. The van der Waals surface area contributed by atoms with Crippen LogP contribution in [0.15, 0.2) is 40.9 Å². The topological polar surface area (TPSA) is 55.1 Å². The van der Waals surface area contributed by atoms with E-state index in [1.54, 1.807) is 43.3 Å². The maximum Gasteiger partial charge on any atom is 0.261 e. The van der Waals surface area contributed by atoms with Gasteiger partial charge in [0.25, 0.3) is 5.91 Å². The summed E-state index contributed by atoms with van der Waals surface area (Å²) >= 11 is 24.3. The molecule has 1 N–H and O–H groups in total. The zero-order valence-corrected chi connectivity index (χ0v) is 15.8.